The van der Waals surface area contributed by atoms with E-state index in [9.17, 15) is 9.50 Å². The third-order valence-electron chi connectivity index (χ3n) is 2.68. The number of aromatic hydroxyl groups is 1. The molecule has 0 aliphatic carbocycles. The summed E-state index contributed by atoms with van der Waals surface area (Å²) >= 11 is 3.10. The first-order chi connectivity index (χ1) is 7.66. The lowest BCUT2D eigenvalue weighted by atomic mass is 10.2. The lowest BCUT2D eigenvalue weighted by Crippen LogP contribution is -2.42. The molecule has 3 nitrogen and oxygen atoms in total. The second kappa shape index (κ2) is 5.12. The molecule has 0 spiro atoms. The monoisotopic (exact) mass is 288 g/mol. The summed E-state index contributed by atoms with van der Waals surface area (Å²) in [4.78, 5) is 2.27. The molecule has 1 heterocycles. The van der Waals surface area contributed by atoms with E-state index in [4.69, 9.17) is 0 Å². The Kier molecular flexibility index (Phi) is 3.78. The Balaban J connectivity index is 2.09. The van der Waals surface area contributed by atoms with Gasteiger partial charge in [0.05, 0.1) is 4.47 Å². The van der Waals surface area contributed by atoms with Crippen molar-refractivity contribution in [1.29, 1.82) is 0 Å². The molecule has 1 aromatic rings. The fourth-order valence-corrected chi connectivity index (χ4v) is 2.35. The normalized spacial score (nSPS) is 17.6. The number of nitrogens with one attached hydrogen (secondary N) is 1. The molecule has 1 aromatic carbocycles. The standard InChI is InChI=1S/C11H14BrFN2O/c12-9-5-8(6-10(16)11(9)13)7-15-3-1-14-2-4-15/h5-6,14,16H,1-4,7H2. The highest BCUT2D eigenvalue weighted by molar-refractivity contribution is 9.10. The molecule has 16 heavy (non-hydrogen) atoms. The number of benzene rings is 1. The number of piperazine rings is 1. The van der Waals surface area contributed by atoms with Crippen LogP contribution in [0.1, 0.15) is 5.56 Å². The van der Waals surface area contributed by atoms with Crippen LogP contribution in [0, 0.1) is 5.82 Å². The van der Waals surface area contributed by atoms with Crippen molar-refractivity contribution in [2.45, 2.75) is 6.54 Å². The number of hydrogen-bond donors (Lipinski definition) is 2. The maximum Gasteiger partial charge on any atom is 0.178 e. The fraction of sp³-hybridized carbons (Fsp3) is 0.455. The van der Waals surface area contributed by atoms with E-state index in [-0.39, 0.29) is 5.75 Å². The number of phenols is 1. The van der Waals surface area contributed by atoms with Gasteiger partial charge < -0.3 is 10.4 Å². The van der Waals surface area contributed by atoms with Crippen molar-refractivity contribution in [2.24, 2.45) is 0 Å². The van der Waals surface area contributed by atoms with E-state index in [2.05, 4.69) is 26.1 Å². The zero-order chi connectivity index (χ0) is 11.5. The molecule has 0 atom stereocenters. The van der Waals surface area contributed by atoms with E-state index in [1.54, 1.807) is 6.07 Å². The van der Waals surface area contributed by atoms with Crippen molar-refractivity contribution in [3.05, 3.63) is 28.0 Å². The van der Waals surface area contributed by atoms with Gasteiger partial charge in [-0.25, -0.2) is 4.39 Å². The molecule has 88 valence electrons. The van der Waals surface area contributed by atoms with Gasteiger partial charge >= 0.3 is 0 Å². The molecular formula is C11H14BrFN2O. The third-order valence-corrected chi connectivity index (χ3v) is 3.26. The van der Waals surface area contributed by atoms with Gasteiger partial charge in [0.15, 0.2) is 11.6 Å². The van der Waals surface area contributed by atoms with Crippen LogP contribution in [-0.4, -0.2) is 36.2 Å². The minimum atomic E-state index is -0.593. The molecule has 0 unspecified atom stereocenters. The predicted molar refractivity (Wildman–Crippen MR) is 63.9 cm³/mol. The first kappa shape index (κ1) is 11.8. The van der Waals surface area contributed by atoms with Gasteiger partial charge in [-0.2, -0.15) is 0 Å². The van der Waals surface area contributed by atoms with Crippen LogP contribution in [0.4, 0.5) is 4.39 Å². The summed E-state index contributed by atoms with van der Waals surface area (Å²) in [6.07, 6.45) is 0. The minimum absolute atomic E-state index is 0.292. The molecule has 0 saturated carbocycles. The van der Waals surface area contributed by atoms with Crippen LogP contribution in [0.2, 0.25) is 0 Å². The lowest BCUT2D eigenvalue weighted by molar-refractivity contribution is 0.233. The van der Waals surface area contributed by atoms with Gasteiger partial charge in [-0.15, -0.1) is 0 Å². The number of phenolic OH excluding ortho intramolecular Hbond substituents is 1. The molecule has 2 N–H and O–H groups in total. The average molecular weight is 289 g/mol. The van der Waals surface area contributed by atoms with Crippen molar-refractivity contribution in [1.82, 2.24) is 10.2 Å². The van der Waals surface area contributed by atoms with Crippen LogP contribution in [0.25, 0.3) is 0 Å². The Labute approximate surface area is 102 Å². The van der Waals surface area contributed by atoms with E-state index in [0.29, 0.717) is 4.47 Å². The summed E-state index contributed by atoms with van der Waals surface area (Å²) < 4.78 is 13.5. The van der Waals surface area contributed by atoms with Crippen molar-refractivity contribution in [3.63, 3.8) is 0 Å². The van der Waals surface area contributed by atoms with Crippen molar-refractivity contribution >= 4 is 15.9 Å². The quantitative estimate of drug-likeness (QED) is 0.870. The molecule has 1 aliphatic heterocycles. The van der Waals surface area contributed by atoms with Gasteiger partial charge in [0.25, 0.3) is 0 Å². The topological polar surface area (TPSA) is 35.5 Å². The Morgan fingerprint density at radius 1 is 1.38 bits per heavy atom. The van der Waals surface area contributed by atoms with Crippen LogP contribution < -0.4 is 5.32 Å². The zero-order valence-electron chi connectivity index (χ0n) is 8.84. The summed E-state index contributed by atoms with van der Waals surface area (Å²) in [7, 11) is 0. The van der Waals surface area contributed by atoms with Crippen LogP contribution >= 0.6 is 15.9 Å². The number of nitrogens with zero attached hydrogens (tertiary/aromatic N) is 1. The maximum absolute atomic E-state index is 13.2. The van der Waals surface area contributed by atoms with Crippen LogP contribution in [0.15, 0.2) is 16.6 Å². The third kappa shape index (κ3) is 2.72. The lowest BCUT2D eigenvalue weighted by Gasteiger charge is -2.27. The van der Waals surface area contributed by atoms with Crippen LogP contribution in [0.3, 0.4) is 0 Å². The Morgan fingerprint density at radius 2 is 2.06 bits per heavy atom. The van der Waals surface area contributed by atoms with E-state index in [0.717, 1.165) is 38.3 Å². The van der Waals surface area contributed by atoms with Gasteiger partial charge in [0.1, 0.15) is 0 Å². The molecule has 1 fully saturated rings. The highest BCUT2D eigenvalue weighted by atomic mass is 79.9. The minimum Gasteiger partial charge on any atom is -0.505 e. The van der Waals surface area contributed by atoms with E-state index in [1.807, 2.05) is 0 Å². The van der Waals surface area contributed by atoms with Crippen molar-refractivity contribution in [3.8, 4) is 5.75 Å². The zero-order valence-corrected chi connectivity index (χ0v) is 10.4. The largest absolute Gasteiger partial charge is 0.505 e. The summed E-state index contributed by atoms with van der Waals surface area (Å²) in [6.45, 7) is 4.67. The van der Waals surface area contributed by atoms with Crippen LogP contribution in [0.5, 0.6) is 5.75 Å². The van der Waals surface area contributed by atoms with Crippen LogP contribution in [-0.2, 0) is 6.54 Å². The summed E-state index contributed by atoms with van der Waals surface area (Å²) in [5.74, 6) is -0.886. The highest BCUT2D eigenvalue weighted by Gasteiger charge is 2.13. The smallest absolute Gasteiger partial charge is 0.178 e. The molecule has 1 aliphatic rings. The summed E-state index contributed by atoms with van der Waals surface area (Å²) in [5.41, 5.74) is 0.924. The fourth-order valence-electron chi connectivity index (χ4n) is 1.85. The number of hydrogen-bond acceptors (Lipinski definition) is 3. The Hall–Kier alpha value is -0.650. The average Bonchev–Trinajstić information content (AvgIpc) is 2.27. The van der Waals surface area contributed by atoms with Crippen molar-refractivity contribution in [2.75, 3.05) is 26.2 Å². The van der Waals surface area contributed by atoms with Gasteiger partial charge in [0.2, 0.25) is 0 Å². The van der Waals surface area contributed by atoms with Gasteiger partial charge in [-0.1, -0.05) is 0 Å². The Morgan fingerprint density at radius 3 is 2.69 bits per heavy atom. The number of halogens is 2. The molecule has 0 amide bonds. The maximum atomic E-state index is 13.2. The molecule has 0 radical (unpaired) electrons. The van der Waals surface area contributed by atoms with Crippen molar-refractivity contribution < 1.29 is 9.50 Å². The molecule has 0 bridgehead atoms. The Bertz CT molecular complexity index is 357. The second-order valence-electron chi connectivity index (χ2n) is 3.94. The van der Waals surface area contributed by atoms with Gasteiger partial charge in [-0.05, 0) is 33.6 Å². The second-order valence-corrected chi connectivity index (χ2v) is 4.79. The summed E-state index contributed by atoms with van der Waals surface area (Å²) in [6, 6.07) is 3.21. The molecule has 2 rings (SSSR count). The first-order valence-electron chi connectivity index (χ1n) is 5.27. The van der Waals surface area contributed by atoms with E-state index in [1.165, 1.54) is 6.07 Å². The van der Waals surface area contributed by atoms with E-state index >= 15 is 0 Å². The van der Waals surface area contributed by atoms with Gasteiger partial charge in [-0.3, -0.25) is 4.90 Å². The number of rotatable bonds is 2. The first-order valence-corrected chi connectivity index (χ1v) is 6.06. The van der Waals surface area contributed by atoms with Gasteiger partial charge in [0, 0.05) is 32.7 Å². The molecule has 1 saturated heterocycles. The SMILES string of the molecule is Oc1cc(CN2CCNCC2)cc(Br)c1F. The molecular weight excluding hydrogens is 275 g/mol. The molecule has 5 heteroatoms. The summed E-state index contributed by atoms with van der Waals surface area (Å²) in [5, 5.41) is 12.6. The van der Waals surface area contributed by atoms with E-state index < -0.39 is 5.82 Å². The predicted octanol–water partition coefficient (Wildman–Crippen LogP) is 1.70. The highest BCUT2D eigenvalue weighted by Crippen LogP contribution is 2.26. The molecule has 0 aromatic heterocycles.